The summed E-state index contributed by atoms with van der Waals surface area (Å²) in [5.41, 5.74) is 0. The standard InChI is InChI=1S/C15H23N5O/c21-15(17-9-12-4-5-12)10-16-13-8-14(19-11-18-13)20-6-2-1-3-7-20/h8,11-12H,1-7,9-10H2,(H,17,21)(H,16,18,19). The molecule has 21 heavy (non-hydrogen) atoms. The molecule has 2 heterocycles. The van der Waals surface area contributed by atoms with Crippen LogP contribution in [0.4, 0.5) is 11.6 Å². The Morgan fingerprint density at radius 2 is 2.05 bits per heavy atom. The van der Waals surface area contributed by atoms with E-state index in [0.717, 1.165) is 25.5 Å². The highest BCUT2D eigenvalue weighted by Gasteiger charge is 2.21. The maximum absolute atomic E-state index is 11.7. The minimum Gasteiger partial charge on any atom is -0.361 e. The van der Waals surface area contributed by atoms with E-state index in [-0.39, 0.29) is 12.5 Å². The third-order valence-electron chi connectivity index (χ3n) is 4.05. The minimum absolute atomic E-state index is 0.0278. The fraction of sp³-hybridized carbons (Fsp3) is 0.667. The molecule has 6 heteroatoms. The van der Waals surface area contributed by atoms with Crippen LogP contribution in [0.1, 0.15) is 32.1 Å². The number of piperidine rings is 1. The maximum Gasteiger partial charge on any atom is 0.239 e. The van der Waals surface area contributed by atoms with Crippen LogP contribution in [0, 0.1) is 5.92 Å². The molecule has 0 bridgehead atoms. The summed E-state index contributed by atoms with van der Waals surface area (Å²) >= 11 is 0. The van der Waals surface area contributed by atoms with Crippen molar-refractivity contribution in [1.82, 2.24) is 15.3 Å². The third kappa shape index (κ3) is 4.31. The van der Waals surface area contributed by atoms with Crippen molar-refractivity contribution in [1.29, 1.82) is 0 Å². The average Bonchev–Trinajstić information content (AvgIpc) is 3.36. The molecule has 1 aliphatic carbocycles. The lowest BCUT2D eigenvalue weighted by atomic mass is 10.1. The predicted octanol–water partition coefficient (Wildman–Crippen LogP) is 1.40. The number of hydrogen-bond donors (Lipinski definition) is 2. The number of nitrogens with zero attached hydrogens (tertiary/aromatic N) is 3. The van der Waals surface area contributed by atoms with Crippen LogP contribution in [-0.2, 0) is 4.79 Å². The van der Waals surface area contributed by atoms with E-state index >= 15 is 0 Å². The van der Waals surface area contributed by atoms with Gasteiger partial charge in [-0.25, -0.2) is 9.97 Å². The molecule has 1 aliphatic heterocycles. The van der Waals surface area contributed by atoms with Crippen molar-refractivity contribution in [2.45, 2.75) is 32.1 Å². The molecule has 1 saturated heterocycles. The largest absolute Gasteiger partial charge is 0.361 e. The number of nitrogens with one attached hydrogen (secondary N) is 2. The van der Waals surface area contributed by atoms with Crippen LogP contribution < -0.4 is 15.5 Å². The van der Waals surface area contributed by atoms with Gasteiger partial charge in [-0.3, -0.25) is 4.79 Å². The molecular weight excluding hydrogens is 266 g/mol. The summed E-state index contributed by atoms with van der Waals surface area (Å²) in [7, 11) is 0. The Balaban J connectivity index is 1.49. The summed E-state index contributed by atoms with van der Waals surface area (Å²) < 4.78 is 0. The fourth-order valence-corrected chi connectivity index (χ4v) is 2.55. The van der Waals surface area contributed by atoms with Crippen LogP contribution >= 0.6 is 0 Å². The monoisotopic (exact) mass is 289 g/mol. The molecule has 2 N–H and O–H groups in total. The average molecular weight is 289 g/mol. The van der Waals surface area contributed by atoms with Crippen LogP contribution in [0.25, 0.3) is 0 Å². The first-order valence-electron chi connectivity index (χ1n) is 7.89. The summed E-state index contributed by atoms with van der Waals surface area (Å²) in [5, 5.41) is 6.02. The number of amides is 1. The molecule has 0 aromatic carbocycles. The second kappa shape index (κ2) is 6.74. The SMILES string of the molecule is O=C(CNc1cc(N2CCCCC2)ncn1)NCC1CC1. The summed E-state index contributed by atoms with van der Waals surface area (Å²) in [6.07, 6.45) is 7.80. The zero-order chi connectivity index (χ0) is 14.5. The number of carbonyl (C=O) groups excluding carboxylic acids is 1. The summed E-state index contributed by atoms with van der Waals surface area (Å²) in [5.74, 6) is 2.40. The van der Waals surface area contributed by atoms with Crippen LogP contribution in [0.2, 0.25) is 0 Å². The van der Waals surface area contributed by atoms with Gasteiger partial charge in [0.05, 0.1) is 6.54 Å². The minimum atomic E-state index is 0.0278. The van der Waals surface area contributed by atoms with Gasteiger partial charge < -0.3 is 15.5 Å². The van der Waals surface area contributed by atoms with Crippen LogP contribution in [0.5, 0.6) is 0 Å². The normalized spacial score (nSPS) is 18.4. The molecular formula is C15H23N5O. The van der Waals surface area contributed by atoms with E-state index in [0.29, 0.717) is 11.7 Å². The van der Waals surface area contributed by atoms with Gasteiger partial charge in [0.1, 0.15) is 18.0 Å². The number of anilines is 2. The van der Waals surface area contributed by atoms with Crippen LogP contribution in [-0.4, -0.2) is 42.1 Å². The molecule has 2 fully saturated rings. The second-order valence-electron chi connectivity index (χ2n) is 5.91. The van der Waals surface area contributed by atoms with Gasteiger partial charge in [0, 0.05) is 25.7 Å². The highest BCUT2D eigenvalue weighted by Crippen LogP contribution is 2.27. The molecule has 6 nitrogen and oxygen atoms in total. The van der Waals surface area contributed by atoms with Crippen molar-refractivity contribution in [3.05, 3.63) is 12.4 Å². The smallest absolute Gasteiger partial charge is 0.239 e. The molecule has 114 valence electrons. The molecule has 1 aromatic heterocycles. The lowest BCUT2D eigenvalue weighted by Crippen LogP contribution is -2.32. The molecule has 0 spiro atoms. The highest BCUT2D eigenvalue weighted by molar-refractivity contribution is 5.80. The topological polar surface area (TPSA) is 70.2 Å². The molecule has 0 radical (unpaired) electrons. The molecule has 1 saturated carbocycles. The van der Waals surface area contributed by atoms with E-state index < -0.39 is 0 Å². The Morgan fingerprint density at radius 1 is 1.24 bits per heavy atom. The zero-order valence-electron chi connectivity index (χ0n) is 12.3. The molecule has 1 aromatic rings. The van der Waals surface area contributed by atoms with Crippen LogP contribution in [0.3, 0.4) is 0 Å². The zero-order valence-corrected chi connectivity index (χ0v) is 12.3. The van der Waals surface area contributed by atoms with E-state index in [2.05, 4.69) is 25.5 Å². The first-order chi connectivity index (χ1) is 10.3. The Hall–Kier alpha value is -1.85. The van der Waals surface area contributed by atoms with Gasteiger partial charge in [-0.05, 0) is 38.0 Å². The van der Waals surface area contributed by atoms with Gasteiger partial charge in [-0.2, -0.15) is 0 Å². The van der Waals surface area contributed by atoms with Crippen molar-refractivity contribution < 1.29 is 4.79 Å². The summed E-state index contributed by atoms with van der Waals surface area (Å²) in [4.78, 5) is 22.5. The van der Waals surface area contributed by atoms with Crippen molar-refractivity contribution >= 4 is 17.5 Å². The Kier molecular flexibility index (Phi) is 4.52. The molecule has 0 atom stereocenters. The van der Waals surface area contributed by atoms with Crippen molar-refractivity contribution in [2.24, 2.45) is 5.92 Å². The number of aromatic nitrogens is 2. The summed E-state index contributed by atoms with van der Waals surface area (Å²) in [6.45, 7) is 3.18. The Labute approximate surface area is 125 Å². The van der Waals surface area contributed by atoms with E-state index in [9.17, 15) is 4.79 Å². The van der Waals surface area contributed by atoms with Gasteiger partial charge in [-0.1, -0.05) is 0 Å². The first-order valence-corrected chi connectivity index (χ1v) is 7.89. The first kappa shape index (κ1) is 14.1. The number of rotatable bonds is 6. The van der Waals surface area contributed by atoms with Crippen molar-refractivity contribution in [3.63, 3.8) is 0 Å². The number of carbonyl (C=O) groups is 1. The van der Waals surface area contributed by atoms with E-state index in [1.54, 1.807) is 6.33 Å². The lowest BCUT2D eigenvalue weighted by Gasteiger charge is -2.27. The molecule has 1 amide bonds. The predicted molar refractivity (Wildman–Crippen MR) is 82.3 cm³/mol. The molecule has 2 aliphatic rings. The lowest BCUT2D eigenvalue weighted by molar-refractivity contribution is -0.119. The molecule has 3 rings (SSSR count). The molecule has 0 unspecified atom stereocenters. The van der Waals surface area contributed by atoms with Crippen molar-refractivity contribution in [3.8, 4) is 0 Å². The third-order valence-corrected chi connectivity index (χ3v) is 4.05. The van der Waals surface area contributed by atoms with Gasteiger partial charge in [0.25, 0.3) is 0 Å². The van der Waals surface area contributed by atoms with E-state index in [1.165, 1.54) is 32.1 Å². The van der Waals surface area contributed by atoms with Gasteiger partial charge >= 0.3 is 0 Å². The Bertz CT molecular complexity index is 483. The summed E-state index contributed by atoms with van der Waals surface area (Å²) in [6, 6.07) is 1.93. The Morgan fingerprint density at radius 3 is 2.81 bits per heavy atom. The number of hydrogen-bond acceptors (Lipinski definition) is 5. The quantitative estimate of drug-likeness (QED) is 0.828. The van der Waals surface area contributed by atoms with E-state index in [1.807, 2.05) is 6.07 Å². The van der Waals surface area contributed by atoms with Crippen molar-refractivity contribution in [2.75, 3.05) is 36.4 Å². The van der Waals surface area contributed by atoms with Gasteiger partial charge in [0.2, 0.25) is 5.91 Å². The van der Waals surface area contributed by atoms with E-state index in [4.69, 9.17) is 0 Å². The maximum atomic E-state index is 11.7. The van der Waals surface area contributed by atoms with Gasteiger partial charge in [-0.15, -0.1) is 0 Å². The fourth-order valence-electron chi connectivity index (χ4n) is 2.55. The highest BCUT2D eigenvalue weighted by atomic mass is 16.1. The van der Waals surface area contributed by atoms with Crippen LogP contribution in [0.15, 0.2) is 12.4 Å². The van der Waals surface area contributed by atoms with Gasteiger partial charge in [0.15, 0.2) is 0 Å². The second-order valence-corrected chi connectivity index (χ2v) is 5.91.